The lowest BCUT2D eigenvalue weighted by Gasteiger charge is -2.31. The zero-order chi connectivity index (χ0) is 22.4. The number of hydrogen-bond acceptors (Lipinski definition) is 4. The van der Waals surface area contributed by atoms with Crippen LogP contribution in [0.25, 0.3) is 22.3 Å². The first-order valence-electron chi connectivity index (χ1n) is 11.2. The summed E-state index contributed by atoms with van der Waals surface area (Å²) in [7, 11) is 0. The van der Waals surface area contributed by atoms with E-state index in [9.17, 15) is 10.2 Å². The number of rotatable bonds is 6. The quantitative estimate of drug-likeness (QED) is 0.286. The first kappa shape index (κ1) is 21.1. The van der Waals surface area contributed by atoms with Crippen LogP contribution in [0.4, 0.5) is 0 Å². The molecule has 1 spiro atoms. The van der Waals surface area contributed by atoms with Crippen LogP contribution in [0.3, 0.4) is 0 Å². The summed E-state index contributed by atoms with van der Waals surface area (Å²) in [5.41, 5.74) is 10.1. The predicted octanol–water partition coefficient (Wildman–Crippen LogP) is 6.20. The molecule has 0 amide bonds. The van der Waals surface area contributed by atoms with Crippen LogP contribution in [0, 0.1) is 0 Å². The molecule has 4 aromatic carbocycles. The number of hydrogen-bond donors (Lipinski definition) is 2. The van der Waals surface area contributed by atoms with Gasteiger partial charge in [-0.1, -0.05) is 60.7 Å². The standard InChI is InChI=1S/C29H24O2S2/c30-13-15-32-19-9-11-23-21-5-1-3-7-25(21)29(27(23)17-19)26-8-4-2-6-22(26)24-12-10-20(18-28(24)29)33-16-14-31/h1-12,17-18,30-31H,13-16H2. The number of aliphatic hydroxyl groups excluding tert-OH is 2. The smallest absolute Gasteiger partial charge is 0.0726 e. The Morgan fingerprint density at radius 2 is 0.939 bits per heavy atom. The van der Waals surface area contributed by atoms with E-state index in [0.717, 1.165) is 0 Å². The Kier molecular flexibility index (Phi) is 5.34. The third-order valence-electron chi connectivity index (χ3n) is 6.75. The summed E-state index contributed by atoms with van der Waals surface area (Å²) in [4.78, 5) is 2.37. The second-order valence-corrected chi connectivity index (χ2v) is 10.7. The van der Waals surface area contributed by atoms with Crippen LogP contribution in [-0.4, -0.2) is 34.9 Å². The Hall–Kier alpha value is -2.50. The highest BCUT2D eigenvalue weighted by Gasteiger charge is 2.51. The molecular weight excluding hydrogens is 444 g/mol. The highest BCUT2D eigenvalue weighted by Crippen LogP contribution is 2.63. The zero-order valence-electron chi connectivity index (χ0n) is 18.1. The molecule has 0 bridgehead atoms. The molecule has 0 heterocycles. The van der Waals surface area contributed by atoms with Crippen LogP contribution < -0.4 is 0 Å². The largest absolute Gasteiger partial charge is 0.396 e. The summed E-state index contributed by atoms with van der Waals surface area (Å²) in [5, 5.41) is 18.8. The summed E-state index contributed by atoms with van der Waals surface area (Å²) in [6, 6.07) is 31.2. The van der Waals surface area contributed by atoms with Crippen LogP contribution in [-0.2, 0) is 5.41 Å². The second-order valence-electron chi connectivity index (χ2n) is 8.40. The number of fused-ring (bicyclic) bond motifs is 10. The molecule has 0 fully saturated rings. The van der Waals surface area contributed by atoms with Gasteiger partial charge in [-0.2, -0.15) is 0 Å². The van der Waals surface area contributed by atoms with Crippen LogP contribution in [0.1, 0.15) is 22.3 Å². The molecule has 0 aliphatic heterocycles. The number of aliphatic hydroxyl groups is 2. The van der Waals surface area contributed by atoms with Gasteiger partial charge < -0.3 is 10.2 Å². The number of thioether (sulfide) groups is 2. The van der Waals surface area contributed by atoms with E-state index < -0.39 is 0 Å². The lowest BCUT2D eigenvalue weighted by molar-refractivity contribution is 0.322. The van der Waals surface area contributed by atoms with E-state index in [-0.39, 0.29) is 18.6 Å². The van der Waals surface area contributed by atoms with Crippen molar-refractivity contribution in [3.63, 3.8) is 0 Å². The van der Waals surface area contributed by atoms with Crippen molar-refractivity contribution >= 4 is 23.5 Å². The van der Waals surface area contributed by atoms with E-state index in [1.54, 1.807) is 23.5 Å². The summed E-state index contributed by atoms with van der Waals surface area (Å²) in [5.74, 6) is 1.38. The summed E-state index contributed by atoms with van der Waals surface area (Å²) >= 11 is 3.40. The van der Waals surface area contributed by atoms with Crippen LogP contribution in [0.15, 0.2) is 94.7 Å². The third kappa shape index (κ3) is 3.05. The molecule has 2 N–H and O–H groups in total. The number of benzene rings is 4. The molecule has 0 atom stereocenters. The highest BCUT2D eigenvalue weighted by molar-refractivity contribution is 7.99. The van der Waals surface area contributed by atoms with Gasteiger partial charge in [0.2, 0.25) is 0 Å². The van der Waals surface area contributed by atoms with Gasteiger partial charge in [0.1, 0.15) is 0 Å². The van der Waals surface area contributed by atoms with Crippen LogP contribution in [0.2, 0.25) is 0 Å². The molecular formula is C29H24O2S2. The maximum atomic E-state index is 9.39. The van der Waals surface area contributed by atoms with E-state index in [4.69, 9.17) is 0 Å². The molecule has 33 heavy (non-hydrogen) atoms. The third-order valence-corrected chi connectivity index (χ3v) is 8.70. The van der Waals surface area contributed by atoms with Gasteiger partial charge in [-0.05, 0) is 68.8 Å². The van der Waals surface area contributed by atoms with Gasteiger partial charge in [0.25, 0.3) is 0 Å². The molecule has 164 valence electrons. The van der Waals surface area contributed by atoms with Crippen molar-refractivity contribution in [2.45, 2.75) is 15.2 Å². The average molecular weight is 469 g/mol. The lowest BCUT2D eigenvalue weighted by atomic mass is 9.70. The summed E-state index contributed by atoms with van der Waals surface area (Å²) in [6.07, 6.45) is 0. The molecule has 0 unspecified atom stereocenters. The molecule has 6 rings (SSSR count). The van der Waals surface area contributed by atoms with Crippen molar-refractivity contribution in [3.8, 4) is 22.3 Å². The normalized spacial score (nSPS) is 14.1. The van der Waals surface area contributed by atoms with Crippen molar-refractivity contribution in [2.24, 2.45) is 0 Å². The van der Waals surface area contributed by atoms with Crippen LogP contribution >= 0.6 is 23.5 Å². The van der Waals surface area contributed by atoms with E-state index in [1.165, 1.54) is 54.3 Å². The second kappa shape index (κ2) is 8.37. The first-order chi connectivity index (χ1) is 16.3. The Morgan fingerprint density at radius 3 is 1.39 bits per heavy atom. The fraction of sp³-hybridized carbons (Fsp3) is 0.172. The SMILES string of the molecule is OCCSc1ccc2c(c1)C1(c3ccccc3-2)c2ccccc2-c2ccc(SCCO)cc21. The van der Waals surface area contributed by atoms with Gasteiger partial charge >= 0.3 is 0 Å². The average Bonchev–Trinajstić information content (AvgIpc) is 3.33. The molecule has 0 radical (unpaired) electrons. The van der Waals surface area contributed by atoms with Crippen molar-refractivity contribution in [3.05, 3.63) is 107 Å². The van der Waals surface area contributed by atoms with Crippen molar-refractivity contribution in [1.29, 1.82) is 0 Å². The predicted molar refractivity (Wildman–Crippen MR) is 138 cm³/mol. The first-order valence-corrected chi connectivity index (χ1v) is 13.2. The maximum Gasteiger partial charge on any atom is 0.0726 e. The zero-order valence-corrected chi connectivity index (χ0v) is 19.8. The van der Waals surface area contributed by atoms with Gasteiger partial charge in [-0.3, -0.25) is 0 Å². The van der Waals surface area contributed by atoms with E-state index in [2.05, 4.69) is 84.9 Å². The van der Waals surface area contributed by atoms with Crippen LogP contribution in [0.5, 0.6) is 0 Å². The molecule has 0 saturated heterocycles. The Morgan fingerprint density at radius 1 is 0.515 bits per heavy atom. The fourth-order valence-corrected chi connectivity index (χ4v) is 6.99. The maximum absolute atomic E-state index is 9.39. The van der Waals surface area contributed by atoms with Crippen molar-refractivity contribution < 1.29 is 10.2 Å². The molecule has 4 heteroatoms. The summed E-state index contributed by atoms with van der Waals surface area (Å²) in [6.45, 7) is 0.342. The van der Waals surface area contributed by atoms with Gasteiger partial charge in [0.05, 0.1) is 18.6 Å². The minimum Gasteiger partial charge on any atom is -0.396 e. The van der Waals surface area contributed by atoms with Gasteiger partial charge in [0, 0.05) is 21.3 Å². The molecule has 4 aromatic rings. The molecule has 0 saturated carbocycles. The summed E-state index contributed by atoms with van der Waals surface area (Å²) < 4.78 is 0. The van der Waals surface area contributed by atoms with Crippen molar-refractivity contribution in [1.82, 2.24) is 0 Å². The minimum absolute atomic E-state index is 0.171. The molecule has 0 aromatic heterocycles. The van der Waals surface area contributed by atoms with Gasteiger partial charge in [-0.25, -0.2) is 0 Å². The monoisotopic (exact) mass is 468 g/mol. The van der Waals surface area contributed by atoms with Gasteiger partial charge in [-0.15, -0.1) is 23.5 Å². The molecule has 2 aliphatic carbocycles. The minimum atomic E-state index is -0.358. The van der Waals surface area contributed by atoms with Crippen molar-refractivity contribution in [2.75, 3.05) is 24.7 Å². The van der Waals surface area contributed by atoms with Gasteiger partial charge in [0.15, 0.2) is 0 Å². The van der Waals surface area contributed by atoms with E-state index >= 15 is 0 Å². The molecule has 2 nitrogen and oxygen atoms in total. The molecule has 2 aliphatic rings. The Balaban J connectivity index is 1.68. The van der Waals surface area contributed by atoms with E-state index in [0.29, 0.717) is 11.5 Å². The highest BCUT2D eigenvalue weighted by atomic mass is 32.2. The topological polar surface area (TPSA) is 40.5 Å². The Labute approximate surface area is 202 Å². The van der Waals surface area contributed by atoms with E-state index in [1.807, 2.05) is 0 Å². The lowest BCUT2D eigenvalue weighted by Crippen LogP contribution is -2.26. The Bertz CT molecular complexity index is 1260. The fourth-order valence-electron chi connectivity index (χ4n) is 5.60.